The van der Waals surface area contributed by atoms with Gasteiger partial charge in [0, 0.05) is 7.05 Å². The SMILES string of the molecule is CCc1nn(C)c(COc2ccccc2C(C)CC)c1Br. The maximum atomic E-state index is 6.07. The van der Waals surface area contributed by atoms with Gasteiger partial charge in [-0.1, -0.05) is 39.0 Å². The molecule has 4 heteroatoms. The van der Waals surface area contributed by atoms with Gasteiger partial charge in [-0.05, 0) is 46.3 Å². The number of aryl methyl sites for hydroxylation is 2. The lowest BCUT2D eigenvalue weighted by Crippen LogP contribution is -2.05. The third kappa shape index (κ3) is 3.49. The molecule has 1 aromatic heterocycles. The van der Waals surface area contributed by atoms with Crippen molar-refractivity contribution >= 4 is 15.9 Å². The van der Waals surface area contributed by atoms with Crippen molar-refractivity contribution in [1.29, 1.82) is 0 Å². The topological polar surface area (TPSA) is 27.1 Å². The molecule has 2 aromatic rings. The standard InChI is InChI=1S/C17H23BrN2O/c1-5-12(3)13-9-7-8-10-16(13)21-11-15-17(18)14(6-2)19-20(15)4/h7-10,12H,5-6,11H2,1-4H3. The Labute approximate surface area is 135 Å². The molecule has 0 amide bonds. The predicted molar refractivity (Wildman–Crippen MR) is 89.8 cm³/mol. The molecule has 0 radical (unpaired) electrons. The Hall–Kier alpha value is -1.29. The van der Waals surface area contributed by atoms with Gasteiger partial charge in [-0.15, -0.1) is 0 Å². The van der Waals surface area contributed by atoms with Crippen LogP contribution in [0.3, 0.4) is 0 Å². The molecule has 0 fully saturated rings. The van der Waals surface area contributed by atoms with Gasteiger partial charge in [0.05, 0.1) is 15.9 Å². The smallest absolute Gasteiger partial charge is 0.131 e. The molecule has 0 saturated carbocycles. The van der Waals surface area contributed by atoms with Gasteiger partial charge in [0.15, 0.2) is 0 Å². The van der Waals surface area contributed by atoms with Crippen LogP contribution in [0.2, 0.25) is 0 Å². The fraction of sp³-hybridized carbons (Fsp3) is 0.471. The number of para-hydroxylation sites is 1. The largest absolute Gasteiger partial charge is 0.487 e. The van der Waals surface area contributed by atoms with Gasteiger partial charge < -0.3 is 4.74 Å². The van der Waals surface area contributed by atoms with Crippen LogP contribution in [0.1, 0.15) is 50.1 Å². The average molecular weight is 351 g/mol. The normalized spacial score (nSPS) is 12.4. The van der Waals surface area contributed by atoms with Gasteiger partial charge in [0.2, 0.25) is 0 Å². The van der Waals surface area contributed by atoms with Crippen molar-refractivity contribution in [3.8, 4) is 5.75 Å². The number of benzene rings is 1. The highest BCUT2D eigenvalue weighted by molar-refractivity contribution is 9.10. The summed E-state index contributed by atoms with van der Waals surface area (Å²) in [5.41, 5.74) is 3.42. The van der Waals surface area contributed by atoms with Crippen molar-refractivity contribution in [2.24, 2.45) is 7.05 Å². The molecule has 0 aliphatic heterocycles. The number of nitrogens with zero attached hydrogens (tertiary/aromatic N) is 2. The van der Waals surface area contributed by atoms with Crippen molar-refractivity contribution in [3.63, 3.8) is 0 Å². The highest BCUT2D eigenvalue weighted by Crippen LogP contribution is 2.30. The van der Waals surface area contributed by atoms with E-state index < -0.39 is 0 Å². The summed E-state index contributed by atoms with van der Waals surface area (Å²) < 4.78 is 9.04. The molecule has 0 aliphatic carbocycles. The second kappa shape index (κ2) is 7.12. The maximum absolute atomic E-state index is 6.07. The molecule has 21 heavy (non-hydrogen) atoms. The molecule has 0 saturated heterocycles. The lowest BCUT2D eigenvalue weighted by atomic mass is 9.98. The van der Waals surface area contributed by atoms with Crippen molar-refractivity contribution < 1.29 is 4.74 Å². The van der Waals surface area contributed by atoms with Crippen LogP contribution >= 0.6 is 15.9 Å². The minimum absolute atomic E-state index is 0.502. The van der Waals surface area contributed by atoms with E-state index in [9.17, 15) is 0 Å². The van der Waals surface area contributed by atoms with Crippen LogP contribution in [-0.2, 0) is 20.1 Å². The number of halogens is 1. The summed E-state index contributed by atoms with van der Waals surface area (Å²) in [5.74, 6) is 1.47. The van der Waals surface area contributed by atoms with Crippen LogP contribution in [0, 0.1) is 0 Å². The molecule has 114 valence electrons. The Morgan fingerprint density at radius 3 is 2.62 bits per heavy atom. The van der Waals surface area contributed by atoms with Gasteiger partial charge in [-0.2, -0.15) is 5.10 Å². The van der Waals surface area contributed by atoms with E-state index >= 15 is 0 Å². The highest BCUT2D eigenvalue weighted by Gasteiger charge is 2.15. The first-order valence-corrected chi connectivity index (χ1v) is 8.29. The zero-order chi connectivity index (χ0) is 15.4. The third-order valence-electron chi connectivity index (χ3n) is 3.93. The fourth-order valence-corrected chi connectivity index (χ4v) is 3.09. The van der Waals surface area contributed by atoms with Crippen molar-refractivity contribution in [2.75, 3.05) is 0 Å². The zero-order valence-corrected chi connectivity index (χ0v) is 14.8. The molecule has 0 N–H and O–H groups in total. The van der Waals surface area contributed by atoms with E-state index in [1.54, 1.807) is 0 Å². The molecule has 0 spiro atoms. The first-order chi connectivity index (χ1) is 10.1. The van der Waals surface area contributed by atoms with E-state index in [0.29, 0.717) is 12.5 Å². The molecular formula is C17H23BrN2O. The predicted octanol–water partition coefficient (Wildman–Crippen LogP) is 4.84. The minimum atomic E-state index is 0.502. The van der Waals surface area contributed by atoms with Crippen LogP contribution in [0.25, 0.3) is 0 Å². The highest BCUT2D eigenvalue weighted by atomic mass is 79.9. The summed E-state index contributed by atoms with van der Waals surface area (Å²) in [7, 11) is 1.96. The van der Waals surface area contributed by atoms with E-state index in [1.807, 2.05) is 23.9 Å². The zero-order valence-electron chi connectivity index (χ0n) is 13.2. The Morgan fingerprint density at radius 1 is 1.29 bits per heavy atom. The second-order valence-electron chi connectivity index (χ2n) is 5.32. The Balaban J connectivity index is 2.19. The van der Waals surface area contributed by atoms with Crippen molar-refractivity contribution in [2.45, 2.75) is 46.1 Å². The quantitative estimate of drug-likeness (QED) is 0.745. The summed E-state index contributed by atoms with van der Waals surface area (Å²) in [5, 5.41) is 4.50. The molecule has 1 heterocycles. The molecular weight excluding hydrogens is 328 g/mol. The minimum Gasteiger partial charge on any atom is -0.487 e. The molecule has 0 aliphatic rings. The van der Waals surface area contributed by atoms with Gasteiger partial charge in [0.1, 0.15) is 12.4 Å². The number of hydrogen-bond donors (Lipinski definition) is 0. The summed E-state index contributed by atoms with van der Waals surface area (Å²) in [4.78, 5) is 0. The number of aromatic nitrogens is 2. The van der Waals surface area contributed by atoms with E-state index in [2.05, 4.69) is 53.9 Å². The van der Waals surface area contributed by atoms with E-state index in [-0.39, 0.29) is 0 Å². The van der Waals surface area contributed by atoms with Crippen LogP contribution < -0.4 is 4.74 Å². The second-order valence-corrected chi connectivity index (χ2v) is 6.11. The molecule has 2 rings (SSSR count). The average Bonchev–Trinajstić information content (AvgIpc) is 2.79. The lowest BCUT2D eigenvalue weighted by molar-refractivity contribution is 0.289. The van der Waals surface area contributed by atoms with Gasteiger partial charge in [-0.25, -0.2) is 0 Å². The number of hydrogen-bond acceptors (Lipinski definition) is 2. The number of ether oxygens (including phenoxy) is 1. The van der Waals surface area contributed by atoms with Gasteiger partial charge in [-0.3, -0.25) is 4.68 Å². The maximum Gasteiger partial charge on any atom is 0.131 e. The van der Waals surface area contributed by atoms with Crippen molar-refractivity contribution in [3.05, 3.63) is 45.7 Å². The monoisotopic (exact) mass is 350 g/mol. The summed E-state index contributed by atoms with van der Waals surface area (Å²) in [6, 6.07) is 8.30. The molecule has 1 aromatic carbocycles. The Bertz CT molecular complexity index is 607. The van der Waals surface area contributed by atoms with Gasteiger partial charge >= 0.3 is 0 Å². The summed E-state index contributed by atoms with van der Waals surface area (Å²) in [6.07, 6.45) is 2.02. The third-order valence-corrected chi connectivity index (χ3v) is 4.85. The van der Waals surface area contributed by atoms with E-state index in [1.165, 1.54) is 5.56 Å². The van der Waals surface area contributed by atoms with E-state index in [4.69, 9.17) is 4.74 Å². The van der Waals surface area contributed by atoms with Gasteiger partial charge in [0.25, 0.3) is 0 Å². The van der Waals surface area contributed by atoms with Crippen LogP contribution in [0.15, 0.2) is 28.7 Å². The first-order valence-electron chi connectivity index (χ1n) is 7.50. The Kier molecular flexibility index (Phi) is 5.45. The Morgan fingerprint density at radius 2 is 2.00 bits per heavy atom. The summed E-state index contributed by atoms with van der Waals surface area (Å²) >= 11 is 3.63. The lowest BCUT2D eigenvalue weighted by Gasteiger charge is -2.15. The van der Waals surface area contributed by atoms with Crippen LogP contribution in [0.4, 0.5) is 0 Å². The molecule has 0 bridgehead atoms. The van der Waals surface area contributed by atoms with Crippen LogP contribution in [0.5, 0.6) is 5.75 Å². The number of rotatable bonds is 6. The van der Waals surface area contributed by atoms with Crippen molar-refractivity contribution in [1.82, 2.24) is 9.78 Å². The van der Waals surface area contributed by atoms with E-state index in [0.717, 1.165) is 34.5 Å². The summed E-state index contributed by atoms with van der Waals surface area (Å²) in [6.45, 7) is 7.07. The molecule has 1 atom stereocenters. The van der Waals surface area contributed by atoms with Crippen LogP contribution in [-0.4, -0.2) is 9.78 Å². The first kappa shape index (κ1) is 16.1. The molecule has 3 nitrogen and oxygen atoms in total. The molecule has 1 unspecified atom stereocenters. The fourth-order valence-electron chi connectivity index (χ4n) is 2.36.